The number of methoxy groups -OCH3 is 1. The van der Waals surface area contributed by atoms with Gasteiger partial charge >= 0.3 is 0 Å². The van der Waals surface area contributed by atoms with Gasteiger partial charge in [-0.05, 0) is 62.2 Å². The normalized spacial score (nSPS) is 22.0. The van der Waals surface area contributed by atoms with Gasteiger partial charge < -0.3 is 10.1 Å². The van der Waals surface area contributed by atoms with Crippen molar-refractivity contribution in [2.24, 2.45) is 5.92 Å². The molecule has 4 rings (SSSR count). The van der Waals surface area contributed by atoms with Crippen LogP contribution in [0.2, 0.25) is 0 Å². The molecule has 1 atom stereocenters. The standard InChI is InChI=1S/C21H24N2O4S/c1-27-18-11-9-17(10-12-18)23(20(24)16-7-8-16)21(13-14-22-15-21)28(25,26)19-5-3-2-4-6-19/h2-6,9-12,16,22H,7-8,13-15H2,1H3/t21-/m0/s1. The Morgan fingerprint density at radius 3 is 2.32 bits per heavy atom. The minimum absolute atomic E-state index is 0.106. The first-order valence-corrected chi connectivity index (χ1v) is 11.0. The van der Waals surface area contributed by atoms with Crippen LogP contribution in [0.4, 0.5) is 5.69 Å². The molecule has 28 heavy (non-hydrogen) atoms. The number of amides is 1. The molecule has 1 N–H and O–H groups in total. The van der Waals surface area contributed by atoms with Gasteiger partial charge in [0.15, 0.2) is 4.87 Å². The minimum Gasteiger partial charge on any atom is -0.497 e. The Hall–Kier alpha value is -2.38. The van der Waals surface area contributed by atoms with E-state index in [0.717, 1.165) is 12.8 Å². The third-order valence-corrected chi connectivity index (χ3v) is 7.96. The van der Waals surface area contributed by atoms with E-state index in [1.165, 1.54) is 4.90 Å². The Balaban J connectivity index is 1.86. The molecule has 1 saturated heterocycles. The molecule has 2 aromatic rings. The van der Waals surface area contributed by atoms with Gasteiger partial charge in [-0.15, -0.1) is 0 Å². The number of hydrogen-bond donors (Lipinski definition) is 1. The van der Waals surface area contributed by atoms with E-state index in [1.807, 2.05) is 0 Å². The van der Waals surface area contributed by atoms with Gasteiger partial charge in [0, 0.05) is 18.2 Å². The van der Waals surface area contributed by atoms with Crippen LogP contribution < -0.4 is 15.0 Å². The molecule has 0 bridgehead atoms. The predicted molar refractivity (Wildman–Crippen MR) is 107 cm³/mol. The SMILES string of the molecule is COc1ccc(N(C(=O)C2CC2)[C@]2(S(=O)(=O)c3ccccc3)CCNC2)cc1. The number of ether oxygens (including phenoxy) is 1. The van der Waals surface area contributed by atoms with Gasteiger partial charge in [0.2, 0.25) is 15.7 Å². The Bertz CT molecular complexity index is 948. The highest BCUT2D eigenvalue weighted by Crippen LogP contribution is 2.42. The second-order valence-electron chi connectivity index (χ2n) is 7.34. The van der Waals surface area contributed by atoms with E-state index in [2.05, 4.69) is 5.32 Å². The number of nitrogens with zero attached hydrogens (tertiary/aromatic N) is 1. The van der Waals surface area contributed by atoms with Crippen molar-refractivity contribution in [3.05, 3.63) is 54.6 Å². The molecule has 6 nitrogen and oxygen atoms in total. The number of carbonyl (C=O) groups excluding carboxylic acids is 1. The molecule has 0 unspecified atom stereocenters. The molecule has 0 aromatic heterocycles. The lowest BCUT2D eigenvalue weighted by Crippen LogP contribution is -2.59. The fourth-order valence-electron chi connectivity index (χ4n) is 3.82. The maximum Gasteiger partial charge on any atom is 0.231 e. The van der Waals surface area contributed by atoms with Crippen LogP contribution in [-0.2, 0) is 14.6 Å². The summed E-state index contributed by atoms with van der Waals surface area (Å²) in [4.78, 5) is 13.8. The molecule has 1 amide bonds. The lowest BCUT2D eigenvalue weighted by molar-refractivity contribution is -0.120. The third kappa shape index (κ3) is 3.08. The summed E-state index contributed by atoms with van der Waals surface area (Å²) in [5.74, 6) is 0.436. The summed E-state index contributed by atoms with van der Waals surface area (Å²) in [7, 11) is -2.23. The number of benzene rings is 2. The second kappa shape index (κ2) is 7.22. The van der Waals surface area contributed by atoms with E-state index < -0.39 is 14.7 Å². The largest absolute Gasteiger partial charge is 0.497 e. The Kier molecular flexibility index (Phi) is 4.89. The molecule has 1 heterocycles. The van der Waals surface area contributed by atoms with Crippen LogP contribution in [0.3, 0.4) is 0 Å². The second-order valence-corrected chi connectivity index (χ2v) is 9.57. The van der Waals surface area contributed by atoms with Crippen LogP contribution in [-0.4, -0.2) is 39.4 Å². The predicted octanol–water partition coefficient (Wildman–Crippen LogP) is 2.60. The highest BCUT2D eigenvalue weighted by molar-refractivity contribution is 7.93. The monoisotopic (exact) mass is 400 g/mol. The zero-order chi connectivity index (χ0) is 19.8. The maximum absolute atomic E-state index is 13.8. The van der Waals surface area contributed by atoms with Crippen LogP contribution in [0.25, 0.3) is 0 Å². The van der Waals surface area contributed by atoms with E-state index in [1.54, 1.807) is 61.7 Å². The Labute approximate surface area is 165 Å². The molecule has 148 valence electrons. The fourth-order valence-corrected chi connectivity index (χ4v) is 5.88. The smallest absolute Gasteiger partial charge is 0.231 e. The molecule has 1 aliphatic heterocycles. The molecule has 7 heteroatoms. The number of nitrogens with one attached hydrogen (secondary N) is 1. The topological polar surface area (TPSA) is 75.7 Å². The lowest BCUT2D eigenvalue weighted by atomic mass is 10.1. The highest BCUT2D eigenvalue weighted by atomic mass is 32.2. The van der Waals surface area contributed by atoms with E-state index in [0.29, 0.717) is 24.4 Å². The van der Waals surface area contributed by atoms with Crippen LogP contribution in [0.15, 0.2) is 59.5 Å². The molecular formula is C21H24N2O4S. The molecule has 0 radical (unpaired) electrons. The van der Waals surface area contributed by atoms with Gasteiger partial charge in [-0.3, -0.25) is 9.69 Å². The van der Waals surface area contributed by atoms with Crippen molar-refractivity contribution in [2.45, 2.75) is 29.0 Å². The van der Waals surface area contributed by atoms with Crippen molar-refractivity contribution in [1.29, 1.82) is 0 Å². The summed E-state index contributed by atoms with van der Waals surface area (Å²) >= 11 is 0. The van der Waals surface area contributed by atoms with E-state index in [4.69, 9.17) is 4.74 Å². The average molecular weight is 401 g/mol. The Morgan fingerprint density at radius 2 is 1.79 bits per heavy atom. The van der Waals surface area contributed by atoms with Crippen LogP contribution in [0.1, 0.15) is 19.3 Å². The van der Waals surface area contributed by atoms with Crippen molar-refractivity contribution in [1.82, 2.24) is 5.32 Å². The van der Waals surface area contributed by atoms with Crippen molar-refractivity contribution in [3.63, 3.8) is 0 Å². The average Bonchev–Trinajstić information content (AvgIpc) is 3.47. The van der Waals surface area contributed by atoms with Gasteiger partial charge in [-0.2, -0.15) is 0 Å². The van der Waals surface area contributed by atoms with Crippen molar-refractivity contribution >= 4 is 21.4 Å². The van der Waals surface area contributed by atoms with Gasteiger partial charge in [0.1, 0.15) is 5.75 Å². The first-order chi connectivity index (χ1) is 13.5. The summed E-state index contributed by atoms with van der Waals surface area (Å²) in [6.07, 6.45) is 1.95. The van der Waals surface area contributed by atoms with Gasteiger partial charge in [0.25, 0.3) is 0 Å². The minimum atomic E-state index is -3.80. The van der Waals surface area contributed by atoms with Crippen LogP contribution in [0.5, 0.6) is 5.75 Å². The third-order valence-electron chi connectivity index (χ3n) is 5.53. The summed E-state index contributed by atoms with van der Waals surface area (Å²) in [5.41, 5.74) is 0.584. The van der Waals surface area contributed by atoms with Crippen molar-refractivity contribution < 1.29 is 17.9 Å². The molecule has 2 fully saturated rings. The molecule has 0 spiro atoms. The number of hydrogen-bond acceptors (Lipinski definition) is 5. The quantitative estimate of drug-likeness (QED) is 0.807. The van der Waals surface area contributed by atoms with Crippen molar-refractivity contribution in [3.8, 4) is 5.75 Å². The molecule has 1 saturated carbocycles. The summed E-state index contributed by atoms with van der Waals surface area (Å²) in [6.45, 7) is 0.741. The van der Waals surface area contributed by atoms with Gasteiger partial charge in [0.05, 0.1) is 12.0 Å². The molecule has 2 aromatic carbocycles. The first kappa shape index (κ1) is 19.0. The van der Waals surface area contributed by atoms with E-state index >= 15 is 0 Å². The zero-order valence-corrected chi connectivity index (χ0v) is 16.6. The molecule has 2 aliphatic rings. The number of anilines is 1. The van der Waals surface area contributed by atoms with E-state index in [9.17, 15) is 13.2 Å². The number of rotatable bonds is 6. The molecule has 1 aliphatic carbocycles. The number of sulfone groups is 1. The maximum atomic E-state index is 13.8. The van der Waals surface area contributed by atoms with Crippen LogP contribution in [0, 0.1) is 5.92 Å². The zero-order valence-electron chi connectivity index (χ0n) is 15.8. The summed E-state index contributed by atoms with van der Waals surface area (Å²) in [5, 5.41) is 3.18. The van der Waals surface area contributed by atoms with Crippen molar-refractivity contribution in [2.75, 3.05) is 25.1 Å². The van der Waals surface area contributed by atoms with Gasteiger partial charge in [-0.25, -0.2) is 8.42 Å². The Morgan fingerprint density at radius 1 is 1.11 bits per heavy atom. The lowest BCUT2D eigenvalue weighted by Gasteiger charge is -2.40. The highest BCUT2D eigenvalue weighted by Gasteiger charge is 2.55. The summed E-state index contributed by atoms with van der Waals surface area (Å²) in [6, 6.07) is 15.5. The summed E-state index contributed by atoms with van der Waals surface area (Å²) < 4.78 is 32.8. The fraction of sp³-hybridized carbons (Fsp3) is 0.381. The van der Waals surface area contributed by atoms with E-state index in [-0.39, 0.29) is 23.3 Å². The van der Waals surface area contributed by atoms with Crippen LogP contribution >= 0.6 is 0 Å². The first-order valence-electron chi connectivity index (χ1n) is 9.48. The number of carbonyl (C=O) groups is 1. The molecular weight excluding hydrogens is 376 g/mol. The van der Waals surface area contributed by atoms with Gasteiger partial charge in [-0.1, -0.05) is 18.2 Å².